The summed E-state index contributed by atoms with van der Waals surface area (Å²) >= 11 is 0. The predicted molar refractivity (Wildman–Crippen MR) is 77.3 cm³/mol. The number of methoxy groups -OCH3 is 1. The highest BCUT2D eigenvalue weighted by Gasteiger charge is 2.12. The molecule has 0 atom stereocenters. The lowest BCUT2D eigenvalue weighted by molar-refractivity contribution is 0.102. The van der Waals surface area contributed by atoms with Crippen LogP contribution in [0.2, 0.25) is 0 Å². The Bertz CT molecular complexity index is 628. The van der Waals surface area contributed by atoms with Crippen LogP contribution >= 0.6 is 0 Å². The molecule has 0 spiro atoms. The van der Waals surface area contributed by atoms with Crippen LogP contribution in [0.3, 0.4) is 0 Å². The monoisotopic (exact) mass is 272 g/mol. The Balaban J connectivity index is 2.25. The van der Waals surface area contributed by atoms with Gasteiger partial charge in [0.05, 0.1) is 25.2 Å². The van der Waals surface area contributed by atoms with Crippen molar-refractivity contribution in [2.45, 2.75) is 6.92 Å². The molecule has 2 rings (SSSR count). The van der Waals surface area contributed by atoms with E-state index in [-0.39, 0.29) is 11.6 Å². The lowest BCUT2D eigenvalue weighted by Gasteiger charge is -2.11. The SMILES string of the molecule is CNc1cncc(C(=O)Nc2cc(C)ccc2OC)n1. The summed E-state index contributed by atoms with van der Waals surface area (Å²) < 4.78 is 5.22. The zero-order valence-corrected chi connectivity index (χ0v) is 11.6. The maximum atomic E-state index is 12.2. The molecule has 1 amide bonds. The first-order valence-electron chi connectivity index (χ1n) is 6.10. The summed E-state index contributed by atoms with van der Waals surface area (Å²) in [5.41, 5.74) is 1.87. The molecule has 20 heavy (non-hydrogen) atoms. The van der Waals surface area contributed by atoms with Gasteiger partial charge < -0.3 is 15.4 Å². The number of nitrogens with zero attached hydrogens (tertiary/aromatic N) is 2. The van der Waals surface area contributed by atoms with Gasteiger partial charge in [-0.1, -0.05) is 6.07 Å². The van der Waals surface area contributed by atoms with Crippen LogP contribution in [0.5, 0.6) is 5.75 Å². The average molecular weight is 272 g/mol. The number of hydrogen-bond donors (Lipinski definition) is 2. The molecule has 0 aliphatic carbocycles. The largest absolute Gasteiger partial charge is 0.495 e. The summed E-state index contributed by atoms with van der Waals surface area (Å²) in [5, 5.41) is 5.62. The molecule has 1 aromatic carbocycles. The van der Waals surface area contributed by atoms with Crippen molar-refractivity contribution in [3.05, 3.63) is 41.9 Å². The van der Waals surface area contributed by atoms with E-state index in [1.807, 2.05) is 19.1 Å². The van der Waals surface area contributed by atoms with Crippen molar-refractivity contribution in [2.75, 3.05) is 24.8 Å². The van der Waals surface area contributed by atoms with Crippen molar-refractivity contribution >= 4 is 17.4 Å². The Morgan fingerprint density at radius 2 is 2.10 bits per heavy atom. The zero-order valence-electron chi connectivity index (χ0n) is 11.6. The van der Waals surface area contributed by atoms with Gasteiger partial charge in [-0.25, -0.2) is 4.98 Å². The van der Waals surface area contributed by atoms with E-state index >= 15 is 0 Å². The van der Waals surface area contributed by atoms with Crippen LogP contribution in [0.15, 0.2) is 30.6 Å². The number of anilines is 2. The average Bonchev–Trinajstić information content (AvgIpc) is 2.47. The van der Waals surface area contributed by atoms with E-state index in [0.717, 1.165) is 5.56 Å². The number of benzene rings is 1. The van der Waals surface area contributed by atoms with Crippen LogP contribution in [0.4, 0.5) is 11.5 Å². The Hall–Kier alpha value is -2.63. The molecule has 1 heterocycles. The second-order valence-electron chi connectivity index (χ2n) is 4.20. The van der Waals surface area contributed by atoms with Gasteiger partial charge >= 0.3 is 0 Å². The van der Waals surface area contributed by atoms with Crippen molar-refractivity contribution in [3.8, 4) is 5.75 Å². The molecule has 0 fully saturated rings. The van der Waals surface area contributed by atoms with Gasteiger partial charge in [-0.2, -0.15) is 0 Å². The standard InChI is InChI=1S/C14H16N4O2/c1-9-4-5-12(20-3)10(6-9)18-14(19)11-7-16-8-13(15-2)17-11/h4-8H,1-3H3,(H,15,17)(H,18,19). The molecular formula is C14H16N4O2. The molecule has 0 saturated carbocycles. The Kier molecular flexibility index (Phi) is 4.14. The van der Waals surface area contributed by atoms with Crippen molar-refractivity contribution < 1.29 is 9.53 Å². The van der Waals surface area contributed by atoms with E-state index in [1.165, 1.54) is 6.20 Å². The first-order valence-corrected chi connectivity index (χ1v) is 6.10. The Morgan fingerprint density at radius 1 is 1.30 bits per heavy atom. The van der Waals surface area contributed by atoms with Gasteiger partial charge in [0.15, 0.2) is 0 Å². The predicted octanol–water partition coefficient (Wildman–Crippen LogP) is 2.09. The number of aromatic nitrogens is 2. The number of amides is 1. The molecule has 6 nitrogen and oxygen atoms in total. The van der Waals surface area contributed by atoms with Crippen LogP contribution in [0.25, 0.3) is 0 Å². The van der Waals surface area contributed by atoms with Gasteiger partial charge in [0.1, 0.15) is 17.3 Å². The number of ether oxygens (including phenoxy) is 1. The molecule has 0 unspecified atom stereocenters. The van der Waals surface area contributed by atoms with Crippen LogP contribution in [0, 0.1) is 6.92 Å². The molecule has 0 bridgehead atoms. The number of nitrogens with one attached hydrogen (secondary N) is 2. The van der Waals surface area contributed by atoms with E-state index in [4.69, 9.17) is 4.74 Å². The number of hydrogen-bond acceptors (Lipinski definition) is 5. The van der Waals surface area contributed by atoms with Gasteiger partial charge in [0, 0.05) is 7.05 Å². The van der Waals surface area contributed by atoms with Crippen LogP contribution in [0.1, 0.15) is 16.1 Å². The number of aryl methyl sites for hydroxylation is 1. The third-order valence-corrected chi connectivity index (χ3v) is 2.73. The van der Waals surface area contributed by atoms with Gasteiger partial charge in [0.2, 0.25) is 0 Å². The van der Waals surface area contributed by atoms with Gasteiger partial charge in [-0.15, -0.1) is 0 Å². The Labute approximate surface area is 117 Å². The number of rotatable bonds is 4. The normalized spacial score (nSPS) is 9.95. The summed E-state index contributed by atoms with van der Waals surface area (Å²) in [4.78, 5) is 20.3. The molecule has 1 aromatic heterocycles. The first kappa shape index (κ1) is 13.8. The number of carbonyl (C=O) groups excluding carboxylic acids is 1. The van der Waals surface area contributed by atoms with Gasteiger partial charge in [-0.05, 0) is 24.6 Å². The second-order valence-corrected chi connectivity index (χ2v) is 4.20. The quantitative estimate of drug-likeness (QED) is 0.891. The van der Waals surface area contributed by atoms with E-state index in [1.54, 1.807) is 26.4 Å². The van der Waals surface area contributed by atoms with E-state index in [0.29, 0.717) is 17.3 Å². The minimum Gasteiger partial charge on any atom is -0.495 e. The van der Waals surface area contributed by atoms with Crippen molar-refractivity contribution in [1.82, 2.24) is 9.97 Å². The van der Waals surface area contributed by atoms with E-state index in [2.05, 4.69) is 20.6 Å². The highest BCUT2D eigenvalue weighted by Crippen LogP contribution is 2.25. The number of carbonyl (C=O) groups is 1. The fourth-order valence-corrected chi connectivity index (χ4v) is 1.70. The minimum absolute atomic E-state index is 0.236. The molecule has 2 N–H and O–H groups in total. The van der Waals surface area contributed by atoms with Crippen LogP contribution < -0.4 is 15.4 Å². The van der Waals surface area contributed by atoms with E-state index in [9.17, 15) is 4.79 Å². The highest BCUT2D eigenvalue weighted by atomic mass is 16.5. The highest BCUT2D eigenvalue weighted by molar-refractivity contribution is 6.03. The van der Waals surface area contributed by atoms with Crippen molar-refractivity contribution in [1.29, 1.82) is 0 Å². The molecular weight excluding hydrogens is 256 g/mol. The maximum Gasteiger partial charge on any atom is 0.276 e. The lowest BCUT2D eigenvalue weighted by atomic mass is 10.2. The molecule has 0 aliphatic rings. The molecule has 0 aliphatic heterocycles. The zero-order chi connectivity index (χ0) is 14.5. The summed E-state index contributed by atoms with van der Waals surface area (Å²) in [5.74, 6) is 0.800. The third kappa shape index (κ3) is 3.03. The first-order chi connectivity index (χ1) is 9.63. The van der Waals surface area contributed by atoms with Gasteiger partial charge in [-0.3, -0.25) is 9.78 Å². The lowest BCUT2D eigenvalue weighted by Crippen LogP contribution is -2.15. The third-order valence-electron chi connectivity index (χ3n) is 2.73. The van der Waals surface area contributed by atoms with Crippen LogP contribution in [-0.4, -0.2) is 30.0 Å². The summed E-state index contributed by atoms with van der Waals surface area (Å²) in [6.07, 6.45) is 2.96. The summed E-state index contributed by atoms with van der Waals surface area (Å²) in [6.45, 7) is 1.94. The maximum absolute atomic E-state index is 12.2. The van der Waals surface area contributed by atoms with E-state index < -0.39 is 0 Å². The smallest absolute Gasteiger partial charge is 0.276 e. The molecule has 0 radical (unpaired) electrons. The summed E-state index contributed by atoms with van der Waals surface area (Å²) in [7, 11) is 3.27. The molecule has 6 heteroatoms. The topological polar surface area (TPSA) is 76.1 Å². The second kappa shape index (κ2) is 6.01. The Morgan fingerprint density at radius 3 is 2.80 bits per heavy atom. The van der Waals surface area contributed by atoms with Crippen LogP contribution in [-0.2, 0) is 0 Å². The molecule has 2 aromatic rings. The molecule has 104 valence electrons. The van der Waals surface area contributed by atoms with Crippen molar-refractivity contribution in [3.63, 3.8) is 0 Å². The fraction of sp³-hybridized carbons (Fsp3) is 0.214. The minimum atomic E-state index is -0.335. The summed E-state index contributed by atoms with van der Waals surface area (Å²) in [6, 6.07) is 5.56. The molecule has 0 saturated heterocycles. The van der Waals surface area contributed by atoms with Crippen molar-refractivity contribution in [2.24, 2.45) is 0 Å². The fourth-order valence-electron chi connectivity index (χ4n) is 1.70. The van der Waals surface area contributed by atoms with Gasteiger partial charge in [0.25, 0.3) is 5.91 Å².